The highest BCUT2D eigenvalue weighted by Crippen LogP contribution is 2.28. The lowest BCUT2D eigenvalue weighted by molar-refractivity contribution is 0.0528. The third-order valence-electron chi connectivity index (χ3n) is 5.92. The van der Waals surface area contributed by atoms with Crippen LogP contribution in [-0.4, -0.2) is 65.8 Å². The molecular formula is C19H28FN3O. The molecule has 5 heteroatoms. The number of aliphatic hydroxyl groups excluding tert-OH is 1. The van der Waals surface area contributed by atoms with Gasteiger partial charge in [-0.15, -0.1) is 0 Å². The molecule has 24 heavy (non-hydrogen) atoms. The second-order valence-corrected chi connectivity index (χ2v) is 7.76. The zero-order valence-corrected chi connectivity index (χ0v) is 14.5. The van der Waals surface area contributed by atoms with Gasteiger partial charge in [0.05, 0.1) is 11.8 Å². The van der Waals surface area contributed by atoms with Crippen molar-refractivity contribution in [2.24, 2.45) is 0 Å². The monoisotopic (exact) mass is 333 g/mol. The minimum Gasteiger partial charge on any atom is -0.392 e. The van der Waals surface area contributed by atoms with E-state index in [1.165, 1.54) is 0 Å². The fourth-order valence-electron chi connectivity index (χ4n) is 4.59. The molecule has 4 rings (SSSR count). The summed E-state index contributed by atoms with van der Waals surface area (Å²) in [5.74, 6) is -0.0861. The summed E-state index contributed by atoms with van der Waals surface area (Å²) in [7, 11) is 0. The molecule has 132 valence electrons. The van der Waals surface area contributed by atoms with Crippen LogP contribution in [0.4, 0.5) is 10.1 Å². The van der Waals surface area contributed by atoms with Gasteiger partial charge in [0, 0.05) is 51.4 Å². The number of hydrogen-bond donors (Lipinski definition) is 1. The SMILES string of the molecule is C[C@H]1CN2C[C@H](O)C[C@@H]2CN1Cc1ccc(N2CCCC2)c(F)c1. The van der Waals surface area contributed by atoms with E-state index in [0.29, 0.717) is 12.1 Å². The van der Waals surface area contributed by atoms with Crippen molar-refractivity contribution in [3.05, 3.63) is 29.6 Å². The van der Waals surface area contributed by atoms with Crippen molar-refractivity contribution < 1.29 is 9.50 Å². The van der Waals surface area contributed by atoms with Crippen LogP contribution in [0.1, 0.15) is 31.7 Å². The van der Waals surface area contributed by atoms with E-state index in [-0.39, 0.29) is 11.9 Å². The van der Waals surface area contributed by atoms with E-state index in [1.807, 2.05) is 6.07 Å². The molecule has 0 saturated carbocycles. The standard InChI is InChI=1S/C19H28FN3O/c1-14-10-23-13-17(24)9-16(23)12-22(14)11-15-4-5-19(18(20)8-15)21-6-2-3-7-21/h4-5,8,14,16-17,24H,2-3,6-7,9-13H2,1H3/t14-,16+,17+/m0/s1. The molecule has 0 spiro atoms. The van der Waals surface area contributed by atoms with Gasteiger partial charge < -0.3 is 10.0 Å². The summed E-state index contributed by atoms with van der Waals surface area (Å²) in [6.45, 7) is 7.74. The molecule has 3 aliphatic rings. The third-order valence-corrected chi connectivity index (χ3v) is 5.92. The maximum atomic E-state index is 14.5. The van der Waals surface area contributed by atoms with Gasteiger partial charge in [-0.05, 0) is 43.9 Å². The Bertz CT molecular complexity index is 590. The maximum absolute atomic E-state index is 14.5. The molecule has 0 bridgehead atoms. The molecule has 1 aromatic carbocycles. The molecule has 0 aromatic heterocycles. The molecule has 3 fully saturated rings. The van der Waals surface area contributed by atoms with Crippen LogP contribution >= 0.6 is 0 Å². The Balaban J connectivity index is 1.44. The summed E-state index contributed by atoms with van der Waals surface area (Å²) in [5.41, 5.74) is 1.81. The molecule has 0 radical (unpaired) electrons. The van der Waals surface area contributed by atoms with E-state index in [0.717, 1.165) is 69.8 Å². The number of hydrogen-bond acceptors (Lipinski definition) is 4. The van der Waals surface area contributed by atoms with Crippen LogP contribution in [0.25, 0.3) is 0 Å². The van der Waals surface area contributed by atoms with Gasteiger partial charge in [-0.25, -0.2) is 4.39 Å². The maximum Gasteiger partial charge on any atom is 0.146 e. The number of fused-ring (bicyclic) bond motifs is 1. The van der Waals surface area contributed by atoms with Crippen molar-refractivity contribution in [1.29, 1.82) is 0 Å². The van der Waals surface area contributed by atoms with E-state index in [9.17, 15) is 9.50 Å². The average Bonchev–Trinajstić information content (AvgIpc) is 3.17. The summed E-state index contributed by atoms with van der Waals surface area (Å²) < 4.78 is 14.5. The lowest BCUT2D eigenvalue weighted by Crippen LogP contribution is -2.54. The van der Waals surface area contributed by atoms with Gasteiger partial charge in [0.2, 0.25) is 0 Å². The summed E-state index contributed by atoms with van der Waals surface area (Å²) in [6.07, 6.45) is 3.01. The molecule has 3 aliphatic heterocycles. The van der Waals surface area contributed by atoms with E-state index < -0.39 is 0 Å². The lowest BCUT2D eigenvalue weighted by atomic mass is 10.1. The van der Waals surface area contributed by atoms with Crippen LogP contribution in [-0.2, 0) is 6.54 Å². The predicted octanol–water partition coefficient (Wildman–Crippen LogP) is 2.07. The average molecular weight is 333 g/mol. The van der Waals surface area contributed by atoms with Crippen LogP contribution in [0.15, 0.2) is 18.2 Å². The molecule has 4 nitrogen and oxygen atoms in total. The Hall–Kier alpha value is -1.17. The first-order valence-electron chi connectivity index (χ1n) is 9.29. The quantitative estimate of drug-likeness (QED) is 0.917. The minimum atomic E-state index is -0.181. The first-order valence-corrected chi connectivity index (χ1v) is 9.29. The lowest BCUT2D eigenvalue weighted by Gasteiger charge is -2.42. The highest BCUT2D eigenvalue weighted by atomic mass is 19.1. The predicted molar refractivity (Wildman–Crippen MR) is 93.7 cm³/mol. The van der Waals surface area contributed by atoms with Crippen molar-refractivity contribution >= 4 is 5.69 Å². The van der Waals surface area contributed by atoms with Gasteiger partial charge in [-0.3, -0.25) is 9.80 Å². The Morgan fingerprint density at radius 1 is 1.17 bits per heavy atom. The number of nitrogens with zero attached hydrogens (tertiary/aromatic N) is 3. The fraction of sp³-hybridized carbons (Fsp3) is 0.684. The third kappa shape index (κ3) is 3.17. The molecule has 0 unspecified atom stereocenters. The normalized spacial score (nSPS) is 31.6. The molecule has 3 heterocycles. The van der Waals surface area contributed by atoms with Gasteiger partial charge in [0.1, 0.15) is 5.82 Å². The van der Waals surface area contributed by atoms with E-state index in [2.05, 4.69) is 27.7 Å². The Morgan fingerprint density at radius 2 is 1.96 bits per heavy atom. The smallest absolute Gasteiger partial charge is 0.146 e. The van der Waals surface area contributed by atoms with Crippen LogP contribution in [0.2, 0.25) is 0 Å². The zero-order chi connectivity index (χ0) is 16.7. The first-order chi connectivity index (χ1) is 11.6. The summed E-state index contributed by atoms with van der Waals surface area (Å²) in [6, 6.07) is 6.64. The van der Waals surface area contributed by atoms with Gasteiger partial charge in [0.15, 0.2) is 0 Å². The Morgan fingerprint density at radius 3 is 2.71 bits per heavy atom. The van der Waals surface area contributed by atoms with Crippen molar-refractivity contribution in [1.82, 2.24) is 9.80 Å². The van der Waals surface area contributed by atoms with E-state index in [4.69, 9.17) is 0 Å². The van der Waals surface area contributed by atoms with Crippen molar-refractivity contribution in [2.45, 2.75) is 50.9 Å². The van der Waals surface area contributed by atoms with E-state index in [1.54, 1.807) is 6.07 Å². The van der Waals surface area contributed by atoms with Gasteiger partial charge in [0.25, 0.3) is 0 Å². The largest absolute Gasteiger partial charge is 0.392 e. The number of benzene rings is 1. The number of rotatable bonds is 3. The summed E-state index contributed by atoms with van der Waals surface area (Å²) in [5, 5.41) is 9.88. The minimum absolute atomic E-state index is 0.0861. The fourth-order valence-corrected chi connectivity index (χ4v) is 4.59. The highest BCUT2D eigenvalue weighted by molar-refractivity contribution is 5.49. The van der Waals surface area contributed by atoms with Crippen molar-refractivity contribution in [2.75, 3.05) is 37.6 Å². The summed E-state index contributed by atoms with van der Waals surface area (Å²) in [4.78, 5) is 6.99. The van der Waals surface area contributed by atoms with Crippen LogP contribution in [0.5, 0.6) is 0 Å². The molecular weight excluding hydrogens is 305 g/mol. The Kier molecular flexibility index (Phi) is 4.50. The summed E-state index contributed by atoms with van der Waals surface area (Å²) >= 11 is 0. The zero-order valence-electron chi connectivity index (χ0n) is 14.5. The Labute approximate surface area is 143 Å². The van der Waals surface area contributed by atoms with Crippen LogP contribution < -0.4 is 4.90 Å². The second kappa shape index (κ2) is 6.62. The van der Waals surface area contributed by atoms with Crippen LogP contribution in [0, 0.1) is 5.82 Å². The van der Waals surface area contributed by atoms with Crippen molar-refractivity contribution in [3.63, 3.8) is 0 Å². The van der Waals surface area contributed by atoms with Crippen LogP contribution in [0.3, 0.4) is 0 Å². The van der Waals surface area contributed by atoms with Gasteiger partial charge >= 0.3 is 0 Å². The molecule has 0 amide bonds. The van der Waals surface area contributed by atoms with Gasteiger partial charge in [-0.1, -0.05) is 6.07 Å². The number of piperazine rings is 1. The van der Waals surface area contributed by atoms with E-state index >= 15 is 0 Å². The first kappa shape index (κ1) is 16.3. The number of anilines is 1. The van der Waals surface area contributed by atoms with Crippen molar-refractivity contribution in [3.8, 4) is 0 Å². The number of halogens is 1. The molecule has 3 saturated heterocycles. The highest BCUT2D eigenvalue weighted by Gasteiger charge is 2.38. The molecule has 3 atom stereocenters. The number of aliphatic hydroxyl groups is 1. The molecule has 0 aliphatic carbocycles. The molecule has 1 aromatic rings. The topological polar surface area (TPSA) is 30.0 Å². The second-order valence-electron chi connectivity index (χ2n) is 7.76. The molecule has 1 N–H and O–H groups in total. The van der Waals surface area contributed by atoms with Gasteiger partial charge in [-0.2, -0.15) is 0 Å².